The number of benzene rings is 2. The maximum Gasteiger partial charge on any atom is 0.336 e. The van der Waals surface area contributed by atoms with Crippen molar-refractivity contribution in [1.29, 1.82) is 0 Å². The number of aliphatic hydroxyl groups is 1. The molecule has 29 heavy (non-hydrogen) atoms. The van der Waals surface area contributed by atoms with E-state index in [0.29, 0.717) is 16.2 Å². The van der Waals surface area contributed by atoms with E-state index in [1.54, 1.807) is 18.2 Å². The zero-order valence-electron chi connectivity index (χ0n) is 16.0. The van der Waals surface area contributed by atoms with Crippen LogP contribution >= 0.6 is 11.6 Å². The van der Waals surface area contributed by atoms with Gasteiger partial charge in [0, 0.05) is 24.1 Å². The summed E-state index contributed by atoms with van der Waals surface area (Å²) in [6, 6.07) is 13.7. The minimum atomic E-state index is -0.810. The molecule has 6 nitrogen and oxygen atoms in total. The summed E-state index contributed by atoms with van der Waals surface area (Å²) in [5, 5.41) is 13.8. The van der Waals surface area contributed by atoms with E-state index < -0.39 is 17.6 Å². The number of carbonyl (C=O) groups excluding carboxylic acids is 1. The Morgan fingerprint density at radius 3 is 2.72 bits per heavy atom. The van der Waals surface area contributed by atoms with Crippen LogP contribution in [0.2, 0.25) is 5.02 Å². The van der Waals surface area contributed by atoms with Gasteiger partial charge in [0.25, 0.3) is 5.91 Å². The molecular weight excluding hydrogens is 394 g/mol. The van der Waals surface area contributed by atoms with Crippen LogP contribution in [0.4, 0.5) is 0 Å². The molecule has 2 N–H and O–H groups in total. The number of rotatable bonds is 8. The second kappa shape index (κ2) is 9.58. The number of halogens is 1. The monoisotopic (exact) mass is 415 g/mol. The van der Waals surface area contributed by atoms with Crippen LogP contribution in [-0.4, -0.2) is 24.2 Å². The van der Waals surface area contributed by atoms with Crippen LogP contribution in [0.5, 0.6) is 5.75 Å². The lowest BCUT2D eigenvalue weighted by atomic mass is 10.1. The van der Waals surface area contributed by atoms with Crippen LogP contribution in [0.25, 0.3) is 11.0 Å². The fraction of sp³-hybridized carbons (Fsp3) is 0.273. The third kappa shape index (κ3) is 5.37. The summed E-state index contributed by atoms with van der Waals surface area (Å²) in [5.41, 5.74) is 1.49. The number of fused-ring (bicyclic) bond motifs is 1. The molecule has 0 aliphatic heterocycles. The number of hydrogen-bond donors (Lipinski definition) is 2. The maximum atomic E-state index is 12.1. The van der Waals surface area contributed by atoms with Crippen molar-refractivity contribution in [3.8, 4) is 5.75 Å². The molecule has 0 aliphatic carbocycles. The molecule has 1 atom stereocenters. The van der Waals surface area contributed by atoms with Crippen molar-refractivity contribution in [2.45, 2.75) is 25.9 Å². The average Bonchev–Trinajstić information content (AvgIpc) is 2.72. The van der Waals surface area contributed by atoms with Gasteiger partial charge in [-0.15, -0.1) is 0 Å². The first kappa shape index (κ1) is 20.9. The number of nitrogens with one attached hydrogen (secondary N) is 1. The lowest BCUT2D eigenvalue weighted by Gasteiger charge is -2.13. The third-order valence-corrected chi connectivity index (χ3v) is 4.73. The van der Waals surface area contributed by atoms with Crippen molar-refractivity contribution in [2.75, 3.05) is 13.2 Å². The van der Waals surface area contributed by atoms with Gasteiger partial charge in [0.05, 0.1) is 11.1 Å². The van der Waals surface area contributed by atoms with Crippen molar-refractivity contribution in [3.05, 3.63) is 75.1 Å². The van der Waals surface area contributed by atoms with Gasteiger partial charge in [0.1, 0.15) is 11.3 Å². The normalized spacial score (nSPS) is 12.0. The van der Waals surface area contributed by atoms with Gasteiger partial charge in [-0.25, -0.2) is 4.79 Å². The second-order valence-electron chi connectivity index (χ2n) is 6.64. The molecule has 0 saturated carbocycles. The molecular formula is C22H22ClNO5. The number of amides is 1. The van der Waals surface area contributed by atoms with E-state index in [0.717, 1.165) is 23.8 Å². The highest BCUT2D eigenvalue weighted by Crippen LogP contribution is 2.31. The highest BCUT2D eigenvalue weighted by molar-refractivity contribution is 6.32. The van der Waals surface area contributed by atoms with E-state index in [-0.39, 0.29) is 18.9 Å². The summed E-state index contributed by atoms with van der Waals surface area (Å²) in [6.07, 6.45) is 0.796. The molecule has 1 heterocycles. The third-order valence-electron chi connectivity index (χ3n) is 4.44. The minimum absolute atomic E-state index is 0.0624. The van der Waals surface area contributed by atoms with Crippen LogP contribution in [0.3, 0.4) is 0 Å². The van der Waals surface area contributed by atoms with Crippen molar-refractivity contribution in [3.63, 3.8) is 0 Å². The Morgan fingerprint density at radius 2 is 2.00 bits per heavy atom. The Hall–Kier alpha value is -2.83. The van der Waals surface area contributed by atoms with E-state index in [1.165, 1.54) is 12.1 Å². The average molecular weight is 416 g/mol. The molecule has 0 radical (unpaired) electrons. The van der Waals surface area contributed by atoms with Crippen LogP contribution in [-0.2, 0) is 11.2 Å². The first-order valence-electron chi connectivity index (χ1n) is 9.36. The molecule has 3 aromatic rings. The fourth-order valence-electron chi connectivity index (χ4n) is 3.01. The highest BCUT2D eigenvalue weighted by Gasteiger charge is 2.13. The Balaban J connectivity index is 1.64. The molecule has 0 fully saturated rings. The maximum absolute atomic E-state index is 12.1. The number of ether oxygens (including phenoxy) is 1. The lowest BCUT2D eigenvalue weighted by molar-refractivity contribution is -0.123. The Labute approximate surface area is 173 Å². The Bertz CT molecular complexity index is 1050. The van der Waals surface area contributed by atoms with Gasteiger partial charge >= 0.3 is 5.63 Å². The minimum Gasteiger partial charge on any atom is -0.482 e. The molecule has 152 valence electrons. The van der Waals surface area contributed by atoms with Gasteiger partial charge in [-0.2, -0.15) is 0 Å². The Morgan fingerprint density at radius 1 is 1.24 bits per heavy atom. The van der Waals surface area contributed by atoms with Crippen LogP contribution in [0.1, 0.15) is 30.6 Å². The number of carbonyl (C=O) groups is 1. The van der Waals surface area contributed by atoms with Crippen molar-refractivity contribution < 1.29 is 19.1 Å². The van der Waals surface area contributed by atoms with Gasteiger partial charge in [-0.1, -0.05) is 55.3 Å². The number of aryl methyl sites for hydroxylation is 1. The van der Waals surface area contributed by atoms with E-state index in [9.17, 15) is 14.7 Å². The SMILES string of the molecule is CCCc1cc(=O)oc2cc(OCC(=O)NC[C@H](O)c3ccccc3)c(Cl)cc12. The highest BCUT2D eigenvalue weighted by atomic mass is 35.5. The van der Waals surface area contributed by atoms with Gasteiger partial charge < -0.3 is 19.6 Å². The predicted molar refractivity (Wildman–Crippen MR) is 111 cm³/mol. The molecule has 7 heteroatoms. The quantitative estimate of drug-likeness (QED) is 0.548. The van der Waals surface area contributed by atoms with E-state index in [4.69, 9.17) is 20.8 Å². The van der Waals surface area contributed by atoms with Crippen molar-refractivity contribution >= 4 is 28.5 Å². The number of hydrogen-bond acceptors (Lipinski definition) is 5. The fourth-order valence-corrected chi connectivity index (χ4v) is 3.23. The second-order valence-corrected chi connectivity index (χ2v) is 7.05. The summed E-state index contributed by atoms with van der Waals surface area (Å²) < 4.78 is 10.7. The predicted octanol–water partition coefficient (Wildman–Crippen LogP) is 3.63. The van der Waals surface area contributed by atoms with Crippen molar-refractivity contribution in [1.82, 2.24) is 5.32 Å². The summed E-state index contributed by atoms with van der Waals surface area (Å²) >= 11 is 6.29. The molecule has 1 aromatic heterocycles. The van der Waals surface area contributed by atoms with E-state index in [2.05, 4.69) is 5.32 Å². The summed E-state index contributed by atoms with van der Waals surface area (Å²) in [5.74, 6) is -0.160. The van der Waals surface area contributed by atoms with Gasteiger partial charge in [-0.05, 0) is 23.6 Å². The lowest BCUT2D eigenvalue weighted by Crippen LogP contribution is -2.32. The van der Waals surface area contributed by atoms with Crippen LogP contribution in [0, 0.1) is 0 Å². The van der Waals surface area contributed by atoms with E-state index in [1.807, 2.05) is 25.1 Å². The molecule has 0 aliphatic rings. The van der Waals surface area contributed by atoms with Crippen molar-refractivity contribution in [2.24, 2.45) is 0 Å². The molecule has 0 saturated heterocycles. The molecule has 0 bridgehead atoms. The van der Waals surface area contributed by atoms with Crippen LogP contribution in [0.15, 0.2) is 57.7 Å². The van der Waals surface area contributed by atoms with E-state index >= 15 is 0 Å². The summed E-state index contributed by atoms with van der Waals surface area (Å²) in [4.78, 5) is 23.8. The molecule has 3 rings (SSSR count). The summed E-state index contributed by atoms with van der Waals surface area (Å²) in [7, 11) is 0. The largest absolute Gasteiger partial charge is 0.482 e. The molecule has 1 amide bonds. The molecule has 0 spiro atoms. The smallest absolute Gasteiger partial charge is 0.336 e. The molecule has 2 aromatic carbocycles. The Kier molecular flexibility index (Phi) is 6.90. The molecule has 0 unspecified atom stereocenters. The first-order chi connectivity index (χ1) is 14.0. The van der Waals surface area contributed by atoms with Gasteiger partial charge in [0.2, 0.25) is 0 Å². The zero-order valence-corrected chi connectivity index (χ0v) is 16.7. The first-order valence-corrected chi connectivity index (χ1v) is 9.74. The number of aliphatic hydroxyl groups excluding tert-OH is 1. The standard InChI is InChI=1S/C22H22ClNO5/c1-2-6-15-9-22(27)29-19-11-20(17(23)10-16(15)19)28-13-21(26)24-12-18(25)14-7-4-3-5-8-14/h3-5,7-11,18,25H,2,6,12-13H2,1H3,(H,24,26)/t18-/m0/s1. The van der Waals surface area contributed by atoms with Gasteiger partial charge in [0.15, 0.2) is 6.61 Å². The summed E-state index contributed by atoms with van der Waals surface area (Å²) in [6.45, 7) is 1.80. The topological polar surface area (TPSA) is 88.8 Å². The van der Waals surface area contributed by atoms with Crippen LogP contribution < -0.4 is 15.7 Å². The van der Waals surface area contributed by atoms with Gasteiger partial charge in [-0.3, -0.25) is 4.79 Å². The zero-order chi connectivity index (χ0) is 20.8.